The highest BCUT2D eigenvalue weighted by molar-refractivity contribution is 7.80. The number of hydrogen-bond acceptors (Lipinski definition) is 4. The van der Waals surface area contributed by atoms with Gasteiger partial charge in [0.05, 0.1) is 6.61 Å². The average Bonchev–Trinajstić information content (AvgIpc) is 2.78. The maximum Gasteiger partial charge on any atom is 0.257 e. The van der Waals surface area contributed by atoms with Crippen molar-refractivity contribution in [1.82, 2.24) is 5.32 Å². The Balaban J connectivity index is 1.60. The lowest BCUT2D eigenvalue weighted by molar-refractivity contribution is 0.0975. The SMILES string of the molecule is CCCOc1cccc(C(=O)NC(=S)Nc2cccc(C(=O)Nc3cccc(C)c3)c2)c1. The molecule has 0 saturated heterocycles. The van der Waals surface area contributed by atoms with Crippen LogP contribution in [-0.4, -0.2) is 23.5 Å². The van der Waals surface area contributed by atoms with E-state index in [0.29, 0.717) is 29.2 Å². The molecule has 3 N–H and O–H groups in total. The molecule has 0 aromatic heterocycles. The average molecular weight is 448 g/mol. The Morgan fingerprint density at radius 2 is 1.50 bits per heavy atom. The number of hydrogen-bond donors (Lipinski definition) is 3. The van der Waals surface area contributed by atoms with Gasteiger partial charge in [-0.05, 0) is 79.7 Å². The van der Waals surface area contributed by atoms with Gasteiger partial charge in [0, 0.05) is 22.5 Å². The van der Waals surface area contributed by atoms with E-state index < -0.39 is 0 Å². The molecule has 3 rings (SSSR count). The van der Waals surface area contributed by atoms with Crippen LogP contribution >= 0.6 is 12.2 Å². The van der Waals surface area contributed by atoms with E-state index in [0.717, 1.165) is 17.7 Å². The first-order valence-corrected chi connectivity index (χ1v) is 10.7. The van der Waals surface area contributed by atoms with E-state index in [9.17, 15) is 9.59 Å². The van der Waals surface area contributed by atoms with Gasteiger partial charge < -0.3 is 15.4 Å². The molecule has 0 atom stereocenters. The van der Waals surface area contributed by atoms with Crippen molar-refractivity contribution >= 4 is 40.5 Å². The summed E-state index contributed by atoms with van der Waals surface area (Å²) in [5.74, 6) is 0.0431. The lowest BCUT2D eigenvalue weighted by atomic mass is 10.1. The maximum atomic E-state index is 12.6. The van der Waals surface area contributed by atoms with Crippen LogP contribution in [0.4, 0.5) is 11.4 Å². The van der Waals surface area contributed by atoms with Gasteiger partial charge in [0.2, 0.25) is 0 Å². The summed E-state index contributed by atoms with van der Waals surface area (Å²) in [6.45, 7) is 4.56. The zero-order valence-corrected chi connectivity index (χ0v) is 18.8. The van der Waals surface area contributed by atoms with E-state index in [2.05, 4.69) is 16.0 Å². The molecule has 2 amide bonds. The second kappa shape index (κ2) is 11.1. The van der Waals surface area contributed by atoms with Gasteiger partial charge in [-0.25, -0.2) is 0 Å². The Morgan fingerprint density at radius 3 is 2.22 bits per heavy atom. The molecular weight excluding hydrogens is 422 g/mol. The molecule has 0 aliphatic carbocycles. The number of anilines is 2. The summed E-state index contributed by atoms with van der Waals surface area (Å²) in [6.07, 6.45) is 0.881. The standard InChI is InChI=1S/C25H25N3O3S/c1-3-13-31-22-12-6-9-19(16-22)24(30)28-25(32)27-21-11-5-8-18(15-21)23(29)26-20-10-4-7-17(2)14-20/h4-12,14-16H,3,13H2,1-2H3,(H,26,29)(H2,27,28,30,32). The van der Waals surface area contributed by atoms with Crippen LogP contribution < -0.4 is 20.7 Å². The van der Waals surface area contributed by atoms with Crippen molar-refractivity contribution < 1.29 is 14.3 Å². The summed E-state index contributed by atoms with van der Waals surface area (Å²) in [6, 6.07) is 21.4. The number of amides is 2. The van der Waals surface area contributed by atoms with Gasteiger partial charge in [0.15, 0.2) is 5.11 Å². The van der Waals surface area contributed by atoms with Crippen molar-refractivity contribution in [3.63, 3.8) is 0 Å². The van der Waals surface area contributed by atoms with Crippen LogP contribution in [-0.2, 0) is 0 Å². The Bertz CT molecular complexity index is 1130. The molecule has 0 saturated carbocycles. The molecule has 3 aromatic carbocycles. The zero-order valence-electron chi connectivity index (χ0n) is 18.0. The van der Waals surface area contributed by atoms with Gasteiger partial charge in [-0.15, -0.1) is 0 Å². The molecule has 32 heavy (non-hydrogen) atoms. The highest BCUT2D eigenvalue weighted by Gasteiger charge is 2.11. The minimum absolute atomic E-state index is 0.131. The first-order valence-electron chi connectivity index (χ1n) is 10.3. The third-order valence-electron chi connectivity index (χ3n) is 4.45. The zero-order chi connectivity index (χ0) is 22.9. The normalized spacial score (nSPS) is 10.2. The maximum absolute atomic E-state index is 12.6. The number of thiocarbonyl (C=S) groups is 1. The minimum Gasteiger partial charge on any atom is -0.494 e. The predicted molar refractivity (Wildman–Crippen MR) is 131 cm³/mol. The molecule has 0 heterocycles. The van der Waals surface area contributed by atoms with E-state index >= 15 is 0 Å². The first-order chi connectivity index (χ1) is 15.4. The number of rotatable bonds is 7. The van der Waals surface area contributed by atoms with Crippen molar-refractivity contribution in [2.45, 2.75) is 20.3 Å². The highest BCUT2D eigenvalue weighted by atomic mass is 32.1. The second-order valence-corrected chi connectivity index (χ2v) is 7.60. The number of aryl methyl sites for hydroxylation is 1. The Kier molecular flexibility index (Phi) is 7.94. The summed E-state index contributed by atoms with van der Waals surface area (Å²) in [5, 5.41) is 8.60. The van der Waals surface area contributed by atoms with Crippen LogP contribution in [0.2, 0.25) is 0 Å². The van der Waals surface area contributed by atoms with E-state index in [-0.39, 0.29) is 16.9 Å². The van der Waals surface area contributed by atoms with Gasteiger partial charge in [0.25, 0.3) is 11.8 Å². The number of nitrogens with one attached hydrogen (secondary N) is 3. The fraction of sp³-hybridized carbons (Fsp3) is 0.160. The quantitative estimate of drug-likeness (QED) is 0.436. The van der Waals surface area contributed by atoms with E-state index in [1.165, 1.54) is 0 Å². The van der Waals surface area contributed by atoms with E-state index in [1.807, 2.05) is 38.1 Å². The third-order valence-corrected chi connectivity index (χ3v) is 4.66. The Hall–Kier alpha value is -3.71. The molecule has 6 nitrogen and oxygen atoms in total. The smallest absolute Gasteiger partial charge is 0.257 e. The van der Waals surface area contributed by atoms with Gasteiger partial charge in [-0.2, -0.15) is 0 Å². The number of ether oxygens (including phenoxy) is 1. The molecule has 0 unspecified atom stereocenters. The van der Waals surface area contributed by atoms with Crippen LogP contribution in [0.5, 0.6) is 5.75 Å². The van der Waals surface area contributed by atoms with Crippen molar-refractivity contribution in [1.29, 1.82) is 0 Å². The molecule has 0 fully saturated rings. The number of carbonyl (C=O) groups excluding carboxylic acids is 2. The summed E-state index contributed by atoms with van der Waals surface area (Å²) in [4.78, 5) is 25.1. The van der Waals surface area contributed by atoms with Crippen LogP contribution in [0, 0.1) is 6.92 Å². The van der Waals surface area contributed by atoms with Gasteiger partial charge >= 0.3 is 0 Å². The minimum atomic E-state index is -0.349. The molecule has 164 valence electrons. The monoisotopic (exact) mass is 447 g/mol. The van der Waals surface area contributed by atoms with Crippen LogP contribution in [0.15, 0.2) is 72.8 Å². The van der Waals surface area contributed by atoms with Crippen LogP contribution in [0.1, 0.15) is 39.6 Å². The van der Waals surface area contributed by atoms with Gasteiger partial charge in [-0.3, -0.25) is 14.9 Å². The summed E-state index contributed by atoms with van der Waals surface area (Å²) in [5.41, 5.74) is 3.27. The molecule has 0 bridgehead atoms. The number of carbonyl (C=O) groups is 2. The summed E-state index contributed by atoms with van der Waals surface area (Å²) < 4.78 is 5.56. The summed E-state index contributed by atoms with van der Waals surface area (Å²) in [7, 11) is 0. The molecular formula is C25H25N3O3S. The van der Waals surface area contributed by atoms with Crippen LogP contribution in [0.3, 0.4) is 0 Å². The molecule has 0 aliphatic heterocycles. The van der Waals surface area contributed by atoms with Crippen molar-refractivity contribution in [2.75, 3.05) is 17.2 Å². The number of benzene rings is 3. The summed E-state index contributed by atoms with van der Waals surface area (Å²) >= 11 is 5.27. The van der Waals surface area contributed by atoms with Crippen molar-refractivity contribution in [3.8, 4) is 5.75 Å². The van der Waals surface area contributed by atoms with Gasteiger partial charge in [0.1, 0.15) is 5.75 Å². The Labute approximate surface area is 193 Å². The lowest BCUT2D eigenvalue weighted by Gasteiger charge is -2.12. The molecule has 0 aliphatic rings. The van der Waals surface area contributed by atoms with Crippen LogP contribution in [0.25, 0.3) is 0 Å². The fourth-order valence-electron chi connectivity index (χ4n) is 2.95. The molecule has 3 aromatic rings. The molecule has 0 radical (unpaired) electrons. The van der Waals surface area contributed by atoms with Crippen molar-refractivity contribution in [2.24, 2.45) is 0 Å². The fourth-order valence-corrected chi connectivity index (χ4v) is 3.16. The Morgan fingerprint density at radius 1 is 0.844 bits per heavy atom. The van der Waals surface area contributed by atoms with Gasteiger partial charge in [-0.1, -0.05) is 31.2 Å². The highest BCUT2D eigenvalue weighted by Crippen LogP contribution is 2.16. The van der Waals surface area contributed by atoms with E-state index in [4.69, 9.17) is 17.0 Å². The van der Waals surface area contributed by atoms with Crippen molar-refractivity contribution in [3.05, 3.63) is 89.5 Å². The predicted octanol–water partition coefficient (Wildman–Crippen LogP) is 5.16. The topological polar surface area (TPSA) is 79.5 Å². The molecule has 0 spiro atoms. The first kappa shape index (κ1) is 23.0. The van der Waals surface area contributed by atoms with E-state index in [1.54, 1.807) is 48.5 Å². The largest absolute Gasteiger partial charge is 0.494 e. The molecule has 7 heteroatoms. The second-order valence-electron chi connectivity index (χ2n) is 7.19. The third kappa shape index (κ3) is 6.65. The lowest BCUT2D eigenvalue weighted by Crippen LogP contribution is -2.34.